The summed E-state index contributed by atoms with van der Waals surface area (Å²) >= 11 is 0. The molecule has 2 aliphatic carbocycles. The number of amides is 2. The molecule has 27 heavy (non-hydrogen) atoms. The Kier molecular flexibility index (Phi) is 4.85. The van der Waals surface area contributed by atoms with Crippen LogP contribution in [0.4, 0.5) is 5.69 Å². The highest BCUT2D eigenvalue weighted by Crippen LogP contribution is 2.43. The van der Waals surface area contributed by atoms with Gasteiger partial charge in [0, 0.05) is 17.6 Å². The van der Waals surface area contributed by atoms with Crippen molar-refractivity contribution in [3.63, 3.8) is 0 Å². The van der Waals surface area contributed by atoms with Crippen LogP contribution in [-0.4, -0.2) is 24.4 Å². The van der Waals surface area contributed by atoms with E-state index in [-0.39, 0.29) is 17.8 Å². The van der Waals surface area contributed by atoms with E-state index in [1.165, 1.54) is 10.5 Å². The average molecular weight is 367 g/mol. The van der Waals surface area contributed by atoms with Gasteiger partial charge in [0.05, 0.1) is 12.3 Å². The van der Waals surface area contributed by atoms with E-state index in [2.05, 4.69) is 0 Å². The van der Waals surface area contributed by atoms with Gasteiger partial charge in [-0.3, -0.25) is 14.4 Å². The Morgan fingerprint density at radius 2 is 1.78 bits per heavy atom. The lowest BCUT2D eigenvalue weighted by molar-refractivity contribution is -0.143. The average Bonchev–Trinajstić information content (AvgIpc) is 3.48. The molecule has 5 nitrogen and oxygen atoms in total. The molecule has 4 rings (SSSR count). The third-order valence-electron chi connectivity index (χ3n) is 5.70. The van der Waals surface area contributed by atoms with Crippen molar-refractivity contribution in [2.45, 2.75) is 64.2 Å². The smallest absolute Gasteiger partial charge is 0.306 e. The Morgan fingerprint density at radius 1 is 1.11 bits per heavy atom. The molecule has 0 unspecified atom stereocenters. The molecule has 1 aliphatic heterocycles. The number of benzene rings is 1. The van der Waals surface area contributed by atoms with Crippen LogP contribution in [0.1, 0.15) is 68.9 Å². The molecule has 0 bridgehead atoms. The van der Waals surface area contributed by atoms with Crippen LogP contribution in [0, 0.1) is 0 Å². The molecule has 2 amide bonds. The first-order valence-corrected chi connectivity index (χ1v) is 9.99. The molecular formula is C22H25NO4. The van der Waals surface area contributed by atoms with E-state index in [0.29, 0.717) is 55.0 Å². The van der Waals surface area contributed by atoms with Gasteiger partial charge in [0.15, 0.2) is 0 Å². The number of aryl methyl sites for hydroxylation is 1. The number of nitrogens with zero attached hydrogens (tertiary/aromatic N) is 1. The van der Waals surface area contributed by atoms with Gasteiger partial charge in [0.1, 0.15) is 0 Å². The van der Waals surface area contributed by atoms with Crippen molar-refractivity contribution in [1.82, 2.24) is 0 Å². The summed E-state index contributed by atoms with van der Waals surface area (Å²) in [5.74, 6) is -0.00177. The number of anilines is 1. The summed E-state index contributed by atoms with van der Waals surface area (Å²) < 4.78 is 5.04. The summed E-state index contributed by atoms with van der Waals surface area (Å²) in [7, 11) is 0. The summed E-state index contributed by atoms with van der Waals surface area (Å²) in [4.78, 5) is 38.8. The third-order valence-corrected chi connectivity index (χ3v) is 5.70. The minimum Gasteiger partial charge on any atom is -0.466 e. The normalized spacial score (nSPS) is 19.5. The van der Waals surface area contributed by atoms with E-state index in [9.17, 15) is 14.4 Å². The van der Waals surface area contributed by atoms with Crippen LogP contribution in [0.25, 0.3) is 0 Å². The Bertz CT molecular complexity index is 807. The largest absolute Gasteiger partial charge is 0.466 e. The summed E-state index contributed by atoms with van der Waals surface area (Å²) in [5, 5.41) is 0. The molecule has 3 aliphatic rings. The number of esters is 1. The zero-order chi connectivity index (χ0) is 19.0. The molecule has 0 saturated heterocycles. The van der Waals surface area contributed by atoms with Crippen LogP contribution in [0.15, 0.2) is 29.3 Å². The van der Waals surface area contributed by atoms with Gasteiger partial charge in [-0.1, -0.05) is 6.07 Å². The van der Waals surface area contributed by atoms with Crippen molar-refractivity contribution in [3.8, 4) is 0 Å². The second-order valence-electron chi connectivity index (χ2n) is 7.57. The minimum atomic E-state index is -0.213. The summed E-state index contributed by atoms with van der Waals surface area (Å²) in [5.41, 5.74) is 4.31. The van der Waals surface area contributed by atoms with E-state index in [1.54, 1.807) is 6.92 Å². The Hall–Kier alpha value is -2.43. The number of carbonyl (C=O) groups excluding carboxylic acids is 3. The number of hydrogen-bond donors (Lipinski definition) is 0. The standard InChI is InChI=1S/C22H25NO4/c1-2-27-20(24)12-9-15-13-16(10-11-17(15)14-7-8-14)23-21(25)18-5-3-4-6-19(18)22(23)26/h10-11,13-14H,2-9,12H2,1H3. The lowest BCUT2D eigenvalue weighted by Gasteiger charge is -2.18. The van der Waals surface area contributed by atoms with Crippen LogP contribution >= 0.6 is 0 Å². The van der Waals surface area contributed by atoms with Crippen molar-refractivity contribution >= 4 is 23.5 Å². The van der Waals surface area contributed by atoms with Gasteiger partial charge < -0.3 is 4.74 Å². The van der Waals surface area contributed by atoms with Gasteiger partial charge in [0.25, 0.3) is 11.8 Å². The molecule has 1 heterocycles. The fourth-order valence-corrected chi connectivity index (χ4v) is 4.18. The first-order valence-electron chi connectivity index (χ1n) is 9.99. The highest BCUT2D eigenvalue weighted by atomic mass is 16.5. The number of carbonyl (C=O) groups is 3. The molecule has 1 fully saturated rings. The summed E-state index contributed by atoms with van der Waals surface area (Å²) in [6.45, 7) is 2.18. The zero-order valence-corrected chi connectivity index (χ0v) is 15.8. The van der Waals surface area contributed by atoms with Crippen LogP contribution in [-0.2, 0) is 25.5 Å². The number of ether oxygens (including phenoxy) is 1. The maximum Gasteiger partial charge on any atom is 0.306 e. The van der Waals surface area contributed by atoms with Crippen molar-refractivity contribution in [3.05, 3.63) is 40.5 Å². The lowest BCUT2D eigenvalue weighted by Crippen LogP contribution is -2.31. The van der Waals surface area contributed by atoms with Crippen molar-refractivity contribution in [2.24, 2.45) is 0 Å². The van der Waals surface area contributed by atoms with Crippen LogP contribution < -0.4 is 4.90 Å². The molecular weight excluding hydrogens is 342 g/mol. The van der Waals surface area contributed by atoms with E-state index in [0.717, 1.165) is 31.2 Å². The molecule has 0 aromatic heterocycles. The highest BCUT2D eigenvalue weighted by molar-refractivity contribution is 6.33. The minimum absolute atomic E-state index is 0.162. The Morgan fingerprint density at radius 3 is 2.37 bits per heavy atom. The van der Waals surface area contributed by atoms with E-state index in [1.807, 2.05) is 18.2 Å². The van der Waals surface area contributed by atoms with Gasteiger partial charge in [-0.25, -0.2) is 4.90 Å². The molecule has 0 radical (unpaired) electrons. The van der Waals surface area contributed by atoms with Gasteiger partial charge >= 0.3 is 5.97 Å². The molecule has 1 saturated carbocycles. The third kappa shape index (κ3) is 3.43. The molecule has 142 valence electrons. The molecule has 5 heteroatoms. The fourth-order valence-electron chi connectivity index (χ4n) is 4.18. The first kappa shape index (κ1) is 18.0. The fraction of sp³-hybridized carbons (Fsp3) is 0.500. The predicted octanol–water partition coefficient (Wildman–Crippen LogP) is 3.80. The predicted molar refractivity (Wildman–Crippen MR) is 101 cm³/mol. The SMILES string of the molecule is CCOC(=O)CCc1cc(N2C(=O)C3=C(CCCC3)C2=O)ccc1C1CC1. The van der Waals surface area contributed by atoms with Gasteiger partial charge in [-0.2, -0.15) is 0 Å². The quantitative estimate of drug-likeness (QED) is 0.567. The van der Waals surface area contributed by atoms with E-state index < -0.39 is 0 Å². The zero-order valence-electron chi connectivity index (χ0n) is 15.8. The second kappa shape index (κ2) is 7.29. The highest BCUT2D eigenvalue weighted by Gasteiger charge is 2.40. The molecule has 0 N–H and O–H groups in total. The molecule has 0 atom stereocenters. The van der Waals surface area contributed by atoms with Crippen molar-refractivity contribution in [2.75, 3.05) is 11.5 Å². The van der Waals surface area contributed by atoms with Crippen LogP contribution in [0.2, 0.25) is 0 Å². The monoisotopic (exact) mass is 367 g/mol. The second-order valence-corrected chi connectivity index (χ2v) is 7.57. The van der Waals surface area contributed by atoms with Gasteiger partial charge in [-0.15, -0.1) is 0 Å². The molecule has 0 spiro atoms. The Labute approximate surface area is 159 Å². The van der Waals surface area contributed by atoms with Gasteiger partial charge in [0.2, 0.25) is 0 Å². The van der Waals surface area contributed by atoms with E-state index >= 15 is 0 Å². The van der Waals surface area contributed by atoms with Crippen LogP contribution in [0.5, 0.6) is 0 Å². The van der Waals surface area contributed by atoms with Crippen molar-refractivity contribution < 1.29 is 19.1 Å². The van der Waals surface area contributed by atoms with Crippen LogP contribution in [0.3, 0.4) is 0 Å². The first-order chi connectivity index (χ1) is 13.1. The van der Waals surface area contributed by atoms with E-state index in [4.69, 9.17) is 4.74 Å². The maximum absolute atomic E-state index is 12.8. The maximum atomic E-state index is 12.8. The molecule has 1 aromatic carbocycles. The molecule has 1 aromatic rings. The van der Waals surface area contributed by atoms with Crippen molar-refractivity contribution in [1.29, 1.82) is 0 Å². The summed E-state index contributed by atoms with van der Waals surface area (Å²) in [6.07, 6.45) is 6.54. The number of hydrogen-bond acceptors (Lipinski definition) is 4. The number of imide groups is 1. The van der Waals surface area contributed by atoms with Gasteiger partial charge in [-0.05, 0) is 81.0 Å². The summed E-state index contributed by atoms with van der Waals surface area (Å²) in [6, 6.07) is 5.85. The number of rotatable bonds is 6. The Balaban J connectivity index is 1.60. The lowest BCUT2D eigenvalue weighted by atomic mass is 9.93. The topological polar surface area (TPSA) is 63.7 Å².